The van der Waals surface area contributed by atoms with Gasteiger partial charge in [-0.05, 0) is 6.92 Å². The van der Waals surface area contributed by atoms with E-state index < -0.39 is 0 Å². The van der Waals surface area contributed by atoms with Gasteiger partial charge in [-0.15, -0.1) is 17.9 Å². The lowest BCUT2D eigenvalue weighted by Crippen LogP contribution is -2.23. The number of aromatic nitrogens is 1. The molecule has 14 heavy (non-hydrogen) atoms. The maximum Gasteiger partial charge on any atom is 0.119 e. The zero-order chi connectivity index (χ0) is 10.4. The van der Waals surface area contributed by atoms with E-state index >= 15 is 0 Å². The standard InChI is InChI=1S/C10H16N2OS/c1-4-8(2)11-5-9-7-14-10(12-9)6-13-3/h4,7-8,11H,1,5-6H2,2-3H3. The maximum atomic E-state index is 5.00. The summed E-state index contributed by atoms with van der Waals surface area (Å²) in [5.41, 5.74) is 1.07. The molecule has 0 amide bonds. The fourth-order valence-electron chi connectivity index (χ4n) is 0.969. The van der Waals surface area contributed by atoms with Crippen molar-refractivity contribution in [2.75, 3.05) is 7.11 Å². The first kappa shape index (κ1) is 11.4. The summed E-state index contributed by atoms with van der Waals surface area (Å²) in [4.78, 5) is 4.40. The molecule has 0 aliphatic carbocycles. The molecule has 78 valence electrons. The molecule has 0 radical (unpaired) electrons. The second kappa shape index (κ2) is 5.90. The van der Waals surface area contributed by atoms with E-state index in [1.807, 2.05) is 6.08 Å². The first-order valence-corrected chi connectivity index (χ1v) is 5.42. The van der Waals surface area contributed by atoms with Crippen LogP contribution in [-0.2, 0) is 17.9 Å². The van der Waals surface area contributed by atoms with Gasteiger partial charge in [-0.25, -0.2) is 4.98 Å². The molecule has 1 aromatic heterocycles. The third-order valence-corrected chi connectivity index (χ3v) is 2.70. The SMILES string of the molecule is C=CC(C)NCc1csc(COC)n1. The lowest BCUT2D eigenvalue weighted by atomic mass is 10.3. The number of rotatable bonds is 6. The first-order chi connectivity index (χ1) is 6.76. The van der Waals surface area contributed by atoms with Crippen molar-refractivity contribution >= 4 is 11.3 Å². The molecule has 0 saturated carbocycles. The number of ether oxygens (including phenoxy) is 1. The first-order valence-electron chi connectivity index (χ1n) is 4.54. The molecular formula is C10H16N2OS. The second-order valence-corrected chi connectivity index (χ2v) is 4.01. The molecule has 1 aromatic rings. The van der Waals surface area contributed by atoms with E-state index in [-0.39, 0.29) is 0 Å². The van der Waals surface area contributed by atoms with E-state index in [1.165, 1.54) is 0 Å². The largest absolute Gasteiger partial charge is 0.378 e. The molecule has 3 nitrogen and oxygen atoms in total. The fraction of sp³-hybridized carbons (Fsp3) is 0.500. The van der Waals surface area contributed by atoms with Crippen LogP contribution in [0.15, 0.2) is 18.0 Å². The van der Waals surface area contributed by atoms with Gasteiger partial charge in [-0.2, -0.15) is 0 Å². The van der Waals surface area contributed by atoms with Crippen LogP contribution < -0.4 is 5.32 Å². The van der Waals surface area contributed by atoms with Crippen molar-refractivity contribution in [2.24, 2.45) is 0 Å². The van der Waals surface area contributed by atoms with Crippen molar-refractivity contribution in [1.29, 1.82) is 0 Å². The summed E-state index contributed by atoms with van der Waals surface area (Å²) in [5, 5.41) is 6.37. The summed E-state index contributed by atoms with van der Waals surface area (Å²) in [5.74, 6) is 0. The third kappa shape index (κ3) is 3.57. The molecule has 1 heterocycles. The van der Waals surface area contributed by atoms with Gasteiger partial charge in [0.1, 0.15) is 5.01 Å². The number of hydrogen-bond donors (Lipinski definition) is 1. The predicted octanol–water partition coefficient (Wildman–Crippen LogP) is 1.95. The van der Waals surface area contributed by atoms with Gasteiger partial charge in [0, 0.05) is 25.1 Å². The average molecular weight is 212 g/mol. The highest BCUT2D eigenvalue weighted by atomic mass is 32.1. The zero-order valence-corrected chi connectivity index (χ0v) is 9.43. The van der Waals surface area contributed by atoms with Gasteiger partial charge in [-0.1, -0.05) is 6.08 Å². The van der Waals surface area contributed by atoms with Crippen LogP contribution in [0.1, 0.15) is 17.6 Å². The molecule has 1 atom stereocenters. The number of hydrogen-bond acceptors (Lipinski definition) is 4. The Balaban J connectivity index is 2.39. The maximum absolute atomic E-state index is 5.00. The molecule has 1 N–H and O–H groups in total. The quantitative estimate of drug-likeness (QED) is 0.732. The van der Waals surface area contributed by atoms with Gasteiger partial charge in [0.2, 0.25) is 0 Å². The molecule has 4 heteroatoms. The van der Waals surface area contributed by atoms with Crippen molar-refractivity contribution in [3.8, 4) is 0 Å². The predicted molar refractivity (Wildman–Crippen MR) is 59.3 cm³/mol. The van der Waals surface area contributed by atoms with Gasteiger partial charge >= 0.3 is 0 Å². The van der Waals surface area contributed by atoms with E-state index in [1.54, 1.807) is 18.4 Å². The van der Waals surface area contributed by atoms with Crippen LogP contribution in [0.4, 0.5) is 0 Å². The average Bonchev–Trinajstić information content (AvgIpc) is 2.63. The second-order valence-electron chi connectivity index (χ2n) is 3.07. The van der Waals surface area contributed by atoms with E-state index in [0.717, 1.165) is 17.2 Å². The zero-order valence-electron chi connectivity index (χ0n) is 8.62. The van der Waals surface area contributed by atoms with E-state index in [2.05, 4.69) is 29.2 Å². The summed E-state index contributed by atoms with van der Waals surface area (Å²) in [6.07, 6.45) is 1.88. The van der Waals surface area contributed by atoms with Gasteiger partial charge in [0.05, 0.1) is 12.3 Å². The minimum atomic E-state index is 0.322. The van der Waals surface area contributed by atoms with E-state index in [4.69, 9.17) is 4.74 Å². The highest BCUT2D eigenvalue weighted by Gasteiger charge is 2.02. The van der Waals surface area contributed by atoms with Crippen LogP contribution in [0.2, 0.25) is 0 Å². The minimum Gasteiger partial charge on any atom is -0.378 e. The Morgan fingerprint density at radius 2 is 2.57 bits per heavy atom. The highest BCUT2D eigenvalue weighted by Crippen LogP contribution is 2.10. The van der Waals surface area contributed by atoms with Gasteiger partial charge in [-0.3, -0.25) is 0 Å². The molecule has 0 bridgehead atoms. The van der Waals surface area contributed by atoms with E-state index in [0.29, 0.717) is 12.6 Å². The van der Waals surface area contributed by atoms with Gasteiger partial charge < -0.3 is 10.1 Å². The Bertz CT molecular complexity index is 285. The summed E-state index contributed by atoms with van der Waals surface area (Å²) in [6.45, 7) is 7.16. The van der Waals surface area contributed by atoms with Crippen molar-refractivity contribution in [1.82, 2.24) is 10.3 Å². The molecule has 0 fully saturated rings. The van der Waals surface area contributed by atoms with Crippen molar-refractivity contribution in [3.05, 3.63) is 28.7 Å². The summed E-state index contributed by atoms with van der Waals surface area (Å²) < 4.78 is 5.00. The Morgan fingerprint density at radius 3 is 3.21 bits per heavy atom. The molecule has 0 spiro atoms. The topological polar surface area (TPSA) is 34.1 Å². The normalized spacial score (nSPS) is 12.7. The smallest absolute Gasteiger partial charge is 0.119 e. The monoisotopic (exact) mass is 212 g/mol. The van der Waals surface area contributed by atoms with Gasteiger partial charge in [0.15, 0.2) is 0 Å². The molecule has 0 aromatic carbocycles. The van der Waals surface area contributed by atoms with Crippen LogP contribution in [0.3, 0.4) is 0 Å². The van der Waals surface area contributed by atoms with Crippen LogP contribution in [0, 0.1) is 0 Å². The lowest BCUT2D eigenvalue weighted by molar-refractivity contribution is 0.184. The van der Waals surface area contributed by atoms with Crippen LogP contribution in [-0.4, -0.2) is 18.1 Å². The van der Waals surface area contributed by atoms with Crippen LogP contribution >= 0.6 is 11.3 Å². The lowest BCUT2D eigenvalue weighted by Gasteiger charge is -2.06. The van der Waals surface area contributed by atoms with Crippen molar-refractivity contribution in [3.63, 3.8) is 0 Å². The molecule has 0 aliphatic rings. The molecule has 1 rings (SSSR count). The fourth-order valence-corrected chi connectivity index (χ4v) is 1.73. The Morgan fingerprint density at radius 1 is 1.79 bits per heavy atom. The molecule has 0 saturated heterocycles. The van der Waals surface area contributed by atoms with Crippen LogP contribution in [0.25, 0.3) is 0 Å². The van der Waals surface area contributed by atoms with Crippen molar-refractivity contribution in [2.45, 2.75) is 26.1 Å². The number of nitrogens with zero attached hydrogens (tertiary/aromatic N) is 1. The summed E-state index contributed by atoms with van der Waals surface area (Å²) >= 11 is 1.63. The minimum absolute atomic E-state index is 0.322. The molecular weight excluding hydrogens is 196 g/mol. The Hall–Kier alpha value is -0.710. The van der Waals surface area contributed by atoms with Crippen molar-refractivity contribution < 1.29 is 4.74 Å². The van der Waals surface area contributed by atoms with Gasteiger partial charge in [0.25, 0.3) is 0 Å². The number of thiazole rings is 1. The van der Waals surface area contributed by atoms with Crippen LogP contribution in [0.5, 0.6) is 0 Å². The molecule has 0 aliphatic heterocycles. The summed E-state index contributed by atoms with van der Waals surface area (Å²) in [6, 6.07) is 0.322. The Kier molecular flexibility index (Phi) is 4.79. The third-order valence-electron chi connectivity index (χ3n) is 1.83. The number of nitrogens with one attached hydrogen (secondary N) is 1. The van der Waals surface area contributed by atoms with E-state index in [9.17, 15) is 0 Å². The summed E-state index contributed by atoms with van der Waals surface area (Å²) in [7, 11) is 1.68. The number of methoxy groups -OCH3 is 1. The highest BCUT2D eigenvalue weighted by molar-refractivity contribution is 7.09. The molecule has 1 unspecified atom stereocenters. The Labute approximate surface area is 88.8 Å².